The van der Waals surface area contributed by atoms with Crippen LogP contribution in [0.25, 0.3) is 0 Å². The summed E-state index contributed by atoms with van der Waals surface area (Å²) < 4.78 is 4.96. The molecule has 0 saturated carbocycles. The molecule has 0 spiro atoms. The highest BCUT2D eigenvalue weighted by atomic mass is 16.5. The highest BCUT2D eigenvalue weighted by Crippen LogP contribution is 2.28. The van der Waals surface area contributed by atoms with Crippen LogP contribution in [-0.4, -0.2) is 18.8 Å². The lowest BCUT2D eigenvalue weighted by Gasteiger charge is -2.21. The average molecular weight is 400 g/mol. The lowest BCUT2D eigenvalue weighted by molar-refractivity contribution is -0.141. The number of nitrogens with zero attached hydrogens (tertiary/aromatic N) is 1. The van der Waals surface area contributed by atoms with Gasteiger partial charge in [0, 0.05) is 11.1 Å². The van der Waals surface area contributed by atoms with Crippen molar-refractivity contribution in [2.75, 3.05) is 7.11 Å². The standard InChI is InChI=1S/C27H29NO2/c1-27(2,3)23-17-15-20(16-18-23)24(19-25(29)30-4)28-26(21-11-7-5-8-12-21)22-13-9-6-10-14-22/h5-18,24H,19H2,1-4H3. The van der Waals surface area contributed by atoms with Crippen molar-refractivity contribution in [3.63, 3.8) is 0 Å². The summed E-state index contributed by atoms with van der Waals surface area (Å²) >= 11 is 0. The summed E-state index contributed by atoms with van der Waals surface area (Å²) in [5.41, 5.74) is 5.22. The maximum absolute atomic E-state index is 12.2. The molecule has 3 rings (SSSR count). The van der Waals surface area contributed by atoms with Gasteiger partial charge in [0.2, 0.25) is 0 Å². The third-order valence-corrected chi connectivity index (χ3v) is 5.13. The number of esters is 1. The van der Waals surface area contributed by atoms with Gasteiger partial charge in [-0.1, -0.05) is 106 Å². The number of benzene rings is 3. The Morgan fingerprint density at radius 2 is 1.33 bits per heavy atom. The monoisotopic (exact) mass is 399 g/mol. The summed E-state index contributed by atoms with van der Waals surface area (Å²) in [5, 5.41) is 0. The van der Waals surface area contributed by atoms with Gasteiger partial charge in [-0.05, 0) is 16.5 Å². The van der Waals surface area contributed by atoms with Crippen LogP contribution >= 0.6 is 0 Å². The predicted octanol–water partition coefficient (Wildman–Crippen LogP) is 6.13. The number of hydrogen-bond acceptors (Lipinski definition) is 3. The van der Waals surface area contributed by atoms with Crippen LogP contribution in [-0.2, 0) is 14.9 Å². The van der Waals surface area contributed by atoms with E-state index < -0.39 is 0 Å². The van der Waals surface area contributed by atoms with Crippen molar-refractivity contribution in [2.24, 2.45) is 4.99 Å². The first kappa shape index (κ1) is 21.5. The fraction of sp³-hybridized carbons (Fsp3) is 0.259. The predicted molar refractivity (Wildman–Crippen MR) is 123 cm³/mol. The largest absolute Gasteiger partial charge is 0.469 e. The SMILES string of the molecule is COC(=O)CC(N=C(c1ccccc1)c1ccccc1)c1ccc(C(C)(C)C)cc1. The molecule has 3 aromatic rings. The summed E-state index contributed by atoms with van der Waals surface area (Å²) in [4.78, 5) is 17.3. The molecule has 154 valence electrons. The Hall–Kier alpha value is -3.20. The molecule has 0 bridgehead atoms. The zero-order valence-corrected chi connectivity index (χ0v) is 18.1. The smallest absolute Gasteiger partial charge is 0.308 e. The maximum Gasteiger partial charge on any atom is 0.308 e. The first-order valence-corrected chi connectivity index (χ1v) is 10.2. The van der Waals surface area contributed by atoms with Crippen molar-refractivity contribution in [1.82, 2.24) is 0 Å². The lowest BCUT2D eigenvalue weighted by atomic mass is 9.86. The number of aliphatic imine (C=N–C) groups is 1. The molecule has 3 heteroatoms. The van der Waals surface area contributed by atoms with Gasteiger partial charge in [0.05, 0.1) is 25.3 Å². The quantitative estimate of drug-likeness (QED) is 0.370. The van der Waals surface area contributed by atoms with Crippen LogP contribution in [0.15, 0.2) is 89.9 Å². The molecule has 30 heavy (non-hydrogen) atoms. The fourth-order valence-electron chi connectivity index (χ4n) is 3.35. The van der Waals surface area contributed by atoms with Gasteiger partial charge in [0.1, 0.15) is 0 Å². The van der Waals surface area contributed by atoms with Crippen molar-refractivity contribution in [3.8, 4) is 0 Å². The van der Waals surface area contributed by atoms with E-state index in [0.29, 0.717) is 0 Å². The van der Waals surface area contributed by atoms with Gasteiger partial charge in [-0.15, -0.1) is 0 Å². The Morgan fingerprint density at radius 3 is 1.77 bits per heavy atom. The Bertz CT molecular complexity index is 943. The van der Waals surface area contributed by atoms with Crippen LogP contribution in [0.3, 0.4) is 0 Å². The third-order valence-electron chi connectivity index (χ3n) is 5.13. The summed E-state index contributed by atoms with van der Waals surface area (Å²) in [7, 11) is 1.42. The minimum Gasteiger partial charge on any atom is -0.469 e. The van der Waals surface area contributed by atoms with Crippen molar-refractivity contribution in [1.29, 1.82) is 0 Å². The molecule has 3 nitrogen and oxygen atoms in total. The number of methoxy groups -OCH3 is 1. The van der Waals surface area contributed by atoms with E-state index in [4.69, 9.17) is 9.73 Å². The van der Waals surface area contributed by atoms with Crippen LogP contribution in [0, 0.1) is 0 Å². The molecule has 0 N–H and O–H groups in total. The summed E-state index contributed by atoms with van der Waals surface area (Å²) in [6.07, 6.45) is 0.189. The fourth-order valence-corrected chi connectivity index (χ4v) is 3.35. The van der Waals surface area contributed by atoms with E-state index in [1.165, 1.54) is 12.7 Å². The molecule has 0 fully saturated rings. The van der Waals surface area contributed by atoms with Crippen LogP contribution in [0.5, 0.6) is 0 Å². The van der Waals surface area contributed by atoms with Crippen LogP contribution in [0.2, 0.25) is 0 Å². The van der Waals surface area contributed by atoms with Gasteiger partial charge in [0.15, 0.2) is 0 Å². The molecule has 3 aromatic carbocycles. The minimum absolute atomic E-state index is 0.0683. The van der Waals surface area contributed by atoms with E-state index >= 15 is 0 Å². The second kappa shape index (κ2) is 9.53. The molecule has 0 radical (unpaired) electrons. The Labute approximate surface area is 179 Å². The second-order valence-electron chi connectivity index (χ2n) is 8.38. The number of carbonyl (C=O) groups excluding carboxylic acids is 1. The number of rotatable bonds is 6. The Kier molecular flexibility index (Phi) is 6.83. The van der Waals surface area contributed by atoms with Gasteiger partial charge in [-0.3, -0.25) is 9.79 Å². The average Bonchev–Trinajstić information content (AvgIpc) is 2.77. The normalized spacial score (nSPS) is 12.1. The highest BCUT2D eigenvalue weighted by molar-refractivity contribution is 6.13. The lowest BCUT2D eigenvalue weighted by Crippen LogP contribution is -2.13. The molecule has 1 unspecified atom stereocenters. The molecular formula is C27H29NO2. The summed E-state index contributed by atoms with van der Waals surface area (Å²) in [6.45, 7) is 6.57. The second-order valence-corrected chi connectivity index (χ2v) is 8.38. The van der Waals surface area contributed by atoms with Crippen molar-refractivity contribution in [3.05, 3.63) is 107 Å². The highest BCUT2D eigenvalue weighted by Gasteiger charge is 2.20. The van der Waals surface area contributed by atoms with Gasteiger partial charge in [0.25, 0.3) is 0 Å². The van der Waals surface area contributed by atoms with Gasteiger partial charge >= 0.3 is 5.97 Å². The molecule has 0 aliphatic heterocycles. The van der Waals surface area contributed by atoms with E-state index in [-0.39, 0.29) is 23.8 Å². The molecular weight excluding hydrogens is 370 g/mol. The zero-order valence-electron chi connectivity index (χ0n) is 18.1. The van der Waals surface area contributed by atoms with Crippen molar-refractivity contribution in [2.45, 2.75) is 38.6 Å². The van der Waals surface area contributed by atoms with Gasteiger partial charge in [-0.25, -0.2) is 0 Å². The molecule has 0 heterocycles. The van der Waals surface area contributed by atoms with E-state index in [9.17, 15) is 4.79 Å². The van der Waals surface area contributed by atoms with Crippen LogP contribution < -0.4 is 0 Å². The number of ether oxygens (including phenoxy) is 1. The first-order chi connectivity index (χ1) is 14.4. The maximum atomic E-state index is 12.2. The minimum atomic E-state index is -0.332. The number of hydrogen-bond donors (Lipinski definition) is 0. The van der Waals surface area contributed by atoms with Gasteiger partial charge in [-0.2, -0.15) is 0 Å². The van der Waals surface area contributed by atoms with Gasteiger partial charge < -0.3 is 4.74 Å². The molecule has 0 aliphatic carbocycles. The zero-order chi connectivity index (χ0) is 21.6. The van der Waals surface area contributed by atoms with E-state index in [0.717, 1.165) is 22.4 Å². The topological polar surface area (TPSA) is 38.7 Å². The van der Waals surface area contributed by atoms with Crippen molar-refractivity contribution < 1.29 is 9.53 Å². The number of carbonyl (C=O) groups is 1. The molecule has 0 amide bonds. The summed E-state index contributed by atoms with van der Waals surface area (Å²) in [5.74, 6) is -0.274. The van der Waals surface area contributed by atoms with E-state index in [1.807, 2.05) is 60.7 Å². The summed E-state index contributed by atoms with van der Waals surface area (Å²) in [6, 6.07) is 28.2. The first-order valence-electron chi connectivity index (χ1n) is 10.2. The van der Waals surface area contributed by atoms with Crippen molar-refractivity contribution >= 4 is 11.7 Å². The van der Waals surface area contributed by atoms with Crippen LogP contribution in [0.4, 0.5) is 0 Å². The van der Waals surface area contributed by atoms with E-state index in [2.05, 4.69) is 45.0 Å². The third kappa shape index (κ3) is 5.44. The molecule has 0 aliphatic rings. The van der Waals surface area contributed by atoms with E-state index in [1.54, 1.807) is 0 Å². The Balaban J connectivity index is 2.09. The Morgan fingerprint density at radius 1 is 0.833 bits per heavy atom. The van der Waals surface area contributed by atoms with Crippen LogP contribution in [0.1, 0.15) is 55.5 Å². The molecule has 0 aromatic heterocycles. The molecule has 1 atom stereocenters. The molecule has 0 saturated heterocycles.